The zero-order chi connectivity index (χ0) is 22.0. The van der Waals surface area contributed by atoms with E-state index in [1.54, 1.807) is 23.9 Å². The van der Waals surface area contributed by atoms with Gasteiger partial charge in [0.15, 0.2) is 24.9 Å². The van der Waals surface area contributed by atoms with Crippen LogP contribution >= 0.6 is 0 Å². The molecule has 10 nitrogen and oxygen atoms in total. The van der Waals surface area contributed by atoms with Crippen LogP contribution in [-0.4, -0.2) is 95.3 Å². The Balaban J connectivity index is 1.16. The number of fused-ring (bicyclic) bond motifs is 2. The normalized spacial score (nSPS) is 41.2. The Morgan fingerprint density at radius 2 is 0.906 bits per heavy atom. The predicted octanol–water partition coefficient (Wildman–Crippen LogP) is 2.44. The summed E-state index contributed by atoms with van der Waals surface area (Å²) in [4.78, 5) is 32.7. The van der Waals surface area contributed by atoms with Crippen molar-refractivity contribution in [2.24, 2.45) is 0 Å². The molecule has 6 rings (SSSR count). The molecule has 0 aromatic heterocycles. The third-order valence-corrected chi connectivity index (χ3v) is 8.10. The van der Waals surface area contributed by atoms with Crippen molar-refractivity contribution in [2.75, 3.05) is 14.1 Å². The summed E-state index contributed by atoms with van der Waals surface area (Å²) in [5.41, 5.74) is 0. The lowest BCUT2D eigenvalue weighted by Gasteiger charge is -2.34. The van der Waals surface area contributed by atoms with Crippen molar-refractivity contribution in [2.45, 2.75) is 114 Å². The van der Waals surface area contributed by atoms with Crippen molar-refractivity contribution >= 4 is 12.1 Å². The minimum Gasteiger partial charge on any atom is -0.319 e. The number of rotatable bonds is 3. The number of hydrogen-bond acceptors (Lipinski definition) is 6. The van der Waals surface area contributed by atoms with Gasteiger partial charge in [-0.2, -0.15) is 0 Å². The predicted molar refractivity (Wildman–Crippen MR) is 111 cm³/mol. The van der Waals surface area contributed by atoms with Crippen molar-refractivity contribution in [3.63, 3.8) is 0 Å². The van der Waals surface area contributed by atoms with Gasteiger partial charge in [0.05, 0.1) is 0 Å². The van der Waals surface area contributed by atoms with Crippen LogP contribution in [0.4, 0.5) is 9.59 Å². The first-order valence-electron chi connectivity index (χ1n) is 12.3. The van der Waals surface area contributed by atoms with Crippen molar-refractivity contribution in [3.05, 3.63) is 0 Å². The van der Waals surface area contributed by atoms with E-state index in [0.717, 1.165) is 51.4 Å². The molecule has 0 aromatic rings. The van der Waals surface area contributed by atoms with Crippen molar-refractivity contribution in [3.8, 4) is 0 Å². The molecule has 0 aromatic carbocycles. The molecule has 0 unspecified atom stereocenters. The summed E-state index contributed by atoms with van der Waals surface area (Å²) in [5, 5.41) is 0. The quantitative estimate of drug-likeness (QED) is 0.657. The number of urea groups is 2. The van der Waals surface area contributed by atoms with Crippen LogP contribution in [0.15, 0.2) is 0 Å². The Kier molecular flexibility index (Phi) is 5.24. The molecule has 32 heavy (non-hydrogen) atoms. The van der Waals surface area contributed by atoms with Crippen LogP contribution < -0.4 is 0 Å². The molecule has 6 fully saturated rings. The number of carbonyl (C=O) groups is 2. The van der Waals surface area contributed by atoms with E-state index >= 15 is 0 Å². The molecule has 0 bridgehead atoms. The lowest BCUT2D eigenvalue weighted by atomic mass is 9.94. The van der Waals surface area contributed by atoms with Gasteiger partial charge in [-0.3, -0.25) is 19.6 Å². The SMILES string of the molecule is CN1C(=O)N(C2CCCCC2)[C@@H]2O[C@@H]([C@H]3O[C@@H]4[C@@H](O3)N(C3CCCCC3)C(=O)N4C)O[C@H]21. The van der Waals surface area contributed by atoms with Crippen LogP contribution in [0.5, 0.6) is 0 Å². The molecule has 4 amide bonds. The third kappa shape index (κ3) is 3.13. The van der Waals surface area contributed by atoms with Crippen LogP contribution in [0.3, 0.4) is 0 Å². The Labute approximate surface area is 188 Å². The monoisotopic (exact) mass is 450 g/mol. The largest absolute Gasteiger partial charge is 0.324 e. The first-order valence-corrected chi connectivity index (χ1v) is 12.3. The van der Waals surface area contributed by atoms with Crippen LogP contribution in [0, 0.1) is 0 Å². The maximum Gasteiger partial charge on any atom is 0.324 e. The molecule has 178 valence electrons. The smallest absolute Gasteiger partial charge is 0.319 e. The molecule has 10 heteroatoms. The standard InChI is InChI=1S/C22H34N4O6/c1-23-15-17(25(21(23)27)13-9-5-3-6-10-13)31-19(29-15)20-30-16-18(32-20)26(22(28)24(16)2)14-11-7-4-8-12-14/h13-20H,3-12H2,1-2H3/t15-,16-,17-,18-,19+,20+/m1/s1. The Morgan fingerprint density at radius 1 is 0.562 bits per heavy atom. The molecule has 6 atom stereocenters. The fourth-order valence-corrected chi connectivity index (χ4v) is 6.36. The van der Waals surface area contributed by atoms with Gasteiger partial charge in [0.1, 0.15) is 0 Å². The number of ether oxygens (including phenoxy) is 4. The Hall–Kier alpha value is -1.62. The zero-order valence-electron chi connectivity index (χ0n) is 18.9. The lowest BCUT2D eigenvalue weighted by Crippen LogP contribution is -2.47. The van der Waals surface area contributed by atoms with E-state index in [9.17, 15) is 9.59 Å². The number of amides is 4. The van der Waals surface area contributed by atoms with Crippen LogP contribution in [0.1, 0.15) is 64.2 Å². The highest BCUT2D eigenvalue weighted by Crippen LogP contribution is 2.42. The maximum atomic E-state index is 12.9. The van der Waals surface area contributed by atoms with Crippen molar-refractivity contribution in [1.82, 2.24) is 19.6 Å². The average Bonchev–Trinajstić information content (AvgIpc) is 3.54. The molecular formula is C22H34N4O6. The van der Waals surface area contributed by atoms with E-state index in [0.29, 0.717) is 0 Å². The topological polar surface area (TPSA) is 84.0 Å². The first kappa shape index (κ1) is 20.9. The van der Waals surface area contributed by atoms with Gasteiger partial charge in [-0.1, -0.05) is 38.5 Å². The second kappa shape index (κ2) is 8.00. The van der Waals surface area contributed by atoms with E-state index in [4.69, 9.17) is 18.9 Å². The molecule has 2 saturated carbocycles. The van der Waals surface area contributed by atoms with E-state index in [1.165, 1.54) is 12.8 Å². The summed E-state index contributed by atoms with van der Waals surface area (Å²) in [7, 11) is 3.52. The molecule has 4 heterocycles. The van der Waals surface area contributed by atoms with Gasteiger partial charge >= 0.3 is 12.1 Å². The number of likely N-dealkylation sites (N-methyl/N-ethyl adjacent to an activating group) is 2. The summed E-state index contributed by atoms with van der Waals surface area (Å²) < 4.78 is 24.8. The number of carbonyl (C=O) groups excluding carboxylic acids is 2. The summed E-state index contributed by atoms with van der Waals surface area (Å²) >= 11 is 0. The minimum atomic E-state index is -0.742. The molecule has 4 aliphatic heterocycles. The zero-order valence-corrected chi connectivity index (χ0v) is 18.9. The van der Waals surface area contributed by atoms with E-state index < -0.39 is 37.5 Å². The third-order valence-electron chi connectivity index (χ3n) is 8.10. The highest BCUT2D eigenvalue weighted by molar-refractivity contribution is 5.78. The van der Waals surface area contributed by atoms with Gasteiger partial charge in [-0.25, -0.2) is 9.59 Å². The van der Waals surface area contributed by atoms with Crippen molar-refractivity contribution in [1.29, 1.82) is 0 Å². The maximum absolute atomic E-state index is 12.9. The molecule has 0 spiro atoms. The highest BCUT2D eigenvalue weighted by atomic mass is 16.8. The molecular weight excluding hydrogens is 416 g/mol. The highest BCUT2D eigenvalue weighted by Gasteiger charge is 2.60. The summed E-state index contributed by atoms with van der Waals surface area (Å²) in [5.74, 6) is 0. The lowest BCUT2D eigenvalue weighted by molar-refractivity contribution is -0.243. The van der Waals surface area contributed by atoms with E-state index in [2.05, 4.69) is 0 Å². The molecule has 6 aliphatic rings. The van der Waals surface area contributed by atoms with Crippen LogP contribution in [0.2, 0.25) is 0 Å². The van der Waals surface area contributed by atoms with E-state index in [-0.39, 0.29) is 24.1 Å². The molecule has 0 radical (unpaired) electrons. The minimum absolute atomic E-state index is 0.0377. The average molecular weight is 451 g/mol. The van der Waals surface area contributed by atoms with Gasteiger partial charge in [0.25, 0.3) is 0 Å². The van der Waals surface area contributed by atoms with Crippen LogP contribution in [-0.2, 0) is 18.9 Å². The Bertz CT molecular complexity index is 695. The van der Waals surface area contributed by atoms with Gasteiger partial charge in [0.2, 0.25) is 12.6 Å². The van der Waals surface area contributed by atoms with Gasteiger partial charge in [-0.05, 0) is 25.7 Å². The van der Waals surface area contributed by atoms with Gasteiger partial charge in [-0.15, -0.1) is 0 Å². The fourth-order valence-electron chi connectivity index (χ4n) is 6.36. The molecule has 0 N–H and O–H groups in total. The molecule has 2 aliphatic carbocycles. The fraction of sp³-hybridized carbons (Fsp3) is 0.909. The Morgan fingerprint density at radius 3 is 1.28 bits per heavy atom. The second-order valence-electron chi connectivity index (χ2n) is 10.0. The van der Waals surface area contributed by atoms with Gasteiger partial charge in [0, 0.05) is 26.2 Å². The number of nitrogens with zero attached hydrogens (tertiary/aromatic N) is 4. The second-order valence-corrected chi connectivity index (χ2v) is 10.0. The van der Waals surface area contributed by atoms with E-state index in [1.807, 2.05) is 9.80 Å². The van der Waals surface area contributed by atoms with Gasteiger partial charge < -0.3 is 18.9 Å². The summed E-state index contributed by atoms with van der Waals surface area (Å²) in [6, 6.07) is 0.298. The summed E-state index contributed by atoms with van der Waals surface area (Å²) in [6.07, 6.45) is 7.63. The molecule has 4 saturated heterocycles. The summed E-state index contributed by atoms with van der Waals surface area (Å²) in [6.45, 7) is 0. The van der Waals surface area contributed by atoms with Crippen molar-refractivity contribution < 1.29 is 28.5 Å². The first-order chi connectivity index (χ1) is 15.5. The van der Waals surface area contributed by atoms with Crippen LogP contribution in [0.25, 0.3) is 0 Å². The number of hydrogen-bond donors (Lipinski definition) is 0.